The van der Waals surface area contributed by atoms with E-state index in [9.17, 15) is 0 Å². The van der Waals surface area contributed by atoms with Crippen molar-refractivity contribution in [2.45, 2.75) is 26.2 Å². The molecule has 1 aromatic rings. The van der Waals surface area contributed by atoms with E-state index in [1.54, 1.807) is 0 Å². The molecule has 0 fully saturated rings. The summed E-state index contributed by atoms with van der Waals surface area (Å²) in [6.07, 6.45) is 1.98. The van der Waals surface area contributed by atoms with Gasteiger partial charge in [-0.2, -0.15) is 0 Å². The number of rotatable bonds is 4. The van der Waals surface area contributed by atoms with E-state index in [4.69, 9.17) is 0 Å². The molecule has 0 aromatic carbocycles. The van der Waals surface area contributed by atoms with Crippen LogP contribution in [0.5, 0.6) is 0 Å². The zero-order chi connectivity index (χ0) is 12.2. The molecule has 90 valence electrons. The predicted molar refractivity (Wildman–Crippen MR) is 70.1 cm³/mol. The normalized spacial score (nSPS) is 11.6. The van der Waals surface area contributed by atoms with Gasteiger partial charge in [0.25, 0.3) is 0 Å². The summed E-state index contributed by atoms with van der Waals surface area (Å²) in [7, 11) is 4.03. The average Bonchev–Trinajstić information content (AvgIpc) is 2.25. The van der Waals surface area contributed by atoms with Crippen LogP contribution in [0.25, 0.3) is 0 Å². The third-order valence-electron chi connectivity index (χ3n) is 2.70. The second-order valence-corrected chi connectivity index (χ2v) is 5.18. The van der Waals surface area contributed by atoms with Crippen LogP contribution in [0.15, 0.2) is 18.3 Å². The Morgan fingerprint density at radius 3 is 2.44 bits per heavy atom. The van der Waals surface area contributed by atoms with Crippen molar-refractivity contribution >= 4 is 5.82 Å². The minimum atomic E-state index is 0.176. The average molecular weight is 221 g/mol. The van der Waals surface area contributed by atoms with E-state index in [0.717, 1.165) is 18.9 Å². The van der Waals surface area contributed by atoms with Crippen LogP contribution < -0.4 is 10.2 Å². The van der Waals surface area contributed by atoms with Gasteiger partial charge in [0.05, 0.1) is 0 Å². The smallest absolute Gasteiger partial charge is 0.128 e. The lowest BCUT2D eigenvalue weighted by Gasteiger charge is -2.21. The van der Waals surface area contributed by atoms with Crippen molar-refractivity contribution in [1.82, 2.24) is 10.3 Å². The van der Waals surface area contributed by atoms with Crippen molar-refractivity contribution in [2.24, 2.45) is 0 Å². The van der Waals surface area contributed by atoms with Gasteiger partial charge in [0.1, 0.15) is 5.82 Å². The number of anilines is 1. The van der Waals surface area contributed by atoms with Crippen molar-refractivity contribution in [1.29, 1.82) is 0 Å². The highest BCUT2D eigenvalue weighted by Gasteiger charge is 2.14. The van der Waals surface area contributed by atoms with Gasteiger partial charge >= 0.3 is 0 Å². The molecule has 0 saturated heterocycles. The molecule has 0 aliphatic carbocycles. The number of likely N-dealkylation sites (N-methyl/N-ethyl adjacent to an activating group) is 2. The summed E-state index contributed by atoms with van der Waals surface area (Å²) in [5, 5.41) is 3.13. The number of hydrogen-bond donors (Lipinski definition) is 1. The van der Waals surface area contributed by atoms with Crippen molar-refractivity contribution in [2.75, 3.05) is 32.1 Å². The van der Waals surface area contributed by atoms with Crippen LogP contribution in [0.4, 0.5) is 5.82 Å². The Morgan fingerprint density at radius 1 is 1.31 bits per heavy atom. The Morgan fingerprint density at radius 2 is 2.00 bits per heavy atom. The lowest BCUT2D eigenvalue weighted by Crippen LogP contribution is -2.27. The maximum atomic E-state index is 4.50. The van der Waals surface area contributed by atoms with Gasteiger partial charge in [-0.1, -0.05) is 26.8 Å². The molecule has 1 heterocycles. The number of nitrogens with zero attached hydrogens (tertiary/aromatic N) is 2. The molecule has 0 spiro atoms. The minimum absolute atomic E-state index is 0.176. The van der Waals surface area contributed by atoms with Crippen LogP contribution in [-0.4, -0.2) is 32.2 Å². The predicted octanol–water partition coefficient (Wildman–Crippen LogP) is 2.03. The molecule has 1 aromatic heterocycles. The molecule has 0 aliphatic heterocycles. The monoisotopic (exact) mass is 221 g/mol. The highest BCUT2D eigenvalue weighted by Crippen LogP contribution is 2.22. The van der Waals surface area contributed by atoms with Gasteiger partial charge in [0, 0.05) is 26.3 Å². The van der Waals surface area contributed by atoms with Gasteiger partial charge in [-0.05, 0) is 24.1 Å². The van der Waals surface area contributed by atoms with Gasteiger partial charge < -0.3 is 10.2 Å². The van der Waals surface area contributed by atoms with Gasteiger partial charge in [-0.25, -0.2) is 4.98 Å². The summed E-state index contributed by atoms with van der Waals surface area (Å²) in [6, 6.07) is 4.26. The van der Waals surface area contributed by atoms with Gasteiger partial charge in [0.15, 0.2) is 0 Å². The Labute approximate surface area is 98.9 Å². The Bertz CT molecular complexity index is 311. The third-order valence-corrected chi connectivity index (χ3v) is 2.70. The van der Waals surface area contributed by atoms with Crippen molar-refractivity contribution in [3.05, 3.63) is 23.9 Å². The third kappa shape index (κ3) is 3.49. The molecule has 0 saturated carbocycles. The van der Waals surface area contributed by atoms with Crippen molar-refractivity contribution < 1.29 is 0 Å². The number of hydrogen-bond acceptors (Lipinski definition) is 3. The minimum Gasteiger partial charge on any atom is -0.358 e. The molecule has 0 radical (unpaired) electrons. The molecule has 0 amide bonds. The van der Waals surface area contributed by atoms with Gasteiger partial charge in [0.2, 0.25) is 0 Å². The van der Waals surface area contributed by atoms with Crippen LogP contribution >= 0.6 is 0 Å². The van der Waals surface area contributed by atoms with E-state index in [0.29, 0.717) is 0 Å². The molecule has 0 bridgehead atoms. The second-order valence-electron chi connectivity index (χ2n) is 5.18. The highest BCUT2D eigenvalue weighted by atomic mass is 15.2. The van der Waals surface area contributed by atoms with Crippen LogP contribution in [0.2, 0.25) is 0 Å². The fourth-order valence-electron chi connectivity index (χ4n) is 1.45. The van der Waals surface area contributed by atoms with Crippen molar-refractivity contribution in [3.63, 3.8) is 0 Å². The fourth-order valence-corrected chi connectivity index (χ4v) is 1.45. The number of aromatic nitrogens is 1. The highest BCUT2D eigenvalue weighted by molar-refractivity contribution is 5.39. The molecular weight excluding hydrogens is 198 g/mol. The van der Waals surface area contributed by atoms with Crippen LogP contribution in [-0.2, 0) is 5.41 Å². The SMILES string of the molecule is CNCCN(C)c1ccc(C(C)(C)C)cn1. The largest absolute Gasteiger partial charge is 0.358 e. The van der Waals surface area contributed by atoms with E-state index >= 15 is 0 Å². The first-order valence-electron chi connectivity index (χ1n) is 5.77. The lowest BCUT2D eigenvalue weighted by atomic mass is 9.88. The van der Waals surface area contributed by atoms with E-state index in [2.05, 4.69) is 55.2 Å². The molecule has 1 N–H and O–H groups in total. The molecule has 0 aliphatic rings. The van der Waals surface area contributed by atoms with E-state index in [1.165, 1.54) is 5.56 Å². The molecule has 1 rings (SSSR count). The Balaban J connectivity index is 2.71. The van der Waals surface area contributed by atoms with Crippen LogP contribution in [0.3, 0.4) is 0 Å². The first-order valence-corrected chi connectivity index (χ1v) is 5.77. The topological polar surface area (TPSA) is 28.2 Å². The number of nitrogens with one attached hydrogen (secondary N) is 1. The zero-order valence-electron chi connectivity index (χ0n) is 11.0. The van der Waals surface area contributed by atoms with Gasteiger partial charge in [-0.3, -0.25) is 0 Å². The van der Waals surface area contributed by atoms with Crippen molar-refractivity contribution in [3.8, 4) is 0 Å². The van der Waals surface area contributed by atoms with Crippen LogP contribution in [0, 0.1) is 0 Å². The molecule has 3 nitrogen and oxygen atoms in total. The zero-order valence-corrected chi connectivity index (χ0v) is 11.0. The Hall–Kier alpha value is -1.09. The maximum absolute atomic E-state index is 4.50. The summed E-state index contributed by atoms with van der Waals surface area (Å²) in [5.74, 6) is 1.03. The van der Waals surface area contributed by atoms with Gasteiger partial charge in [-0.15, -0.1) is 0 Å². The summed E-state index contributed by atoms with van der Waals surface area (Å²) in [5.41, 5.74) is 1.45. The quantitative estimate of drug-likeness (QED) is 0.843. The molecule has 0 unspecified atom stereocenters. The Kier molecular flexibility index (Phi) is 4.30. The molecule has 16 heavy (non-hydrogen) atoms. The molecule has 3 heteroatoms. The summed E-state index contributed by atoms with van der Waals surface area (Å²) < 4.78 is 0. The summed E-state index contributed by atoms with van der Waals surface area (Å²) in [4.78, 5) is 6.65. The van der Waals surface area contributed by atoms with Crippen LogP contribution in [0.1, 0.15) is 26.3 Å². The standard InChI is InChI=1S/C13H23N3/c1-13(2,3)11-6-7-12(15-10-11)16(5)9-8-14-4/h6-7,10,14H,8-9H2,1-5H3. The lowest BCUT2D eigenvalue weighted by molar-refractivity contribution is 0.587. The number of pyridine rings is 1. The molecular formula is C13H23N3. The summed E-state index contributed by atoms with van der Waals surface area (Å²) in [6.45, 7) is 8.55. The first kappa shape index (κ1) is 13.0. The van der Waals surface area contributed by atoms with E-state index < -0.39 is 0 Å². The van der Waals surface area contributed by atoms with E-state index in [-0.39, 0.29) is 5.41 Å². The first-order chi connectivity index (χ1) is 7.45. The maximum Gasteiger partial charge on any atom is 0.128 e. The second kappa shape index (κ2) is 5.30. The summed E-state index contributed by atoms with van der Waals surface area (Å²) >= 11 is 0. The fraction of sp³-hybridized carbons (Fsp3) is 0.615. The van der Waals surface area contributed by atoms with E-state index in [1.807, 2.05) is 13.2 Å². The molecule has 0 atom stereocenters.